The van der Waals surface area contributed by atoms with Gasteiger partial charge in [0.1, 0.15) is 18.3 Å². The number of phenols is 12. The van der Waals surface area contributed by atoms with E-state index in [1.807, 2.05) is 0 Å². The number of hydrogen-bond acceptors (Lipinski definition) is 21. The number of esters is 4. The molecule has 0 saturated heterocycles. The van der Waals surface area contributed by atoms with E-state index >= 15 is 0 Å². The van der Waals surface area contributed by atoms with Crippen LogP contribution in [0.15, 0.2) is 36.4 Å². The third kappa shape index (κ3) is 6.28. The molecule has 0 bridgehead atoms. The Hall–Kier alpha value is -7.68. The number of phenolic OH excluding ortho intramolecular Hbond substituents is 12. The van der Waals surface area contributed by atoms with E-state index in [0.29, 0.717) is 36.4 Å². The molecule has 0 radical (unpaired) electrons. The van der Waals surface area contributed by atoms with Crippen LogP contribution in [-0.4, -0.2) is 121 Å². The molecule has 4 aromatic rings. The van der Waals surface area contributed by atoms with Gasteiger partial charge in [0.25, 0.3) is 0 Å². The first-order chi connectivity index (χ1) is 25.8. The molecule has 0 amide bonds. The molecular formula is C34H26O21. The maximum Gasteiger partial charge on any atom is 0.339 e. The van der Waals surface area contributed by atoms with E-state index in [0.717, 1.165) is 0 Å². The molecule has 0 unspecified atom stereocenters. The highest BCUT2D eigenvalue weighted by Gasteiger charge is 2.53. The summed E-state index contributed by atoms with van der Waals surface area (Å²) in [4.78, 5) is 54.3. The zero-order chi connectivity index (χ0) is 40.4. The van der Waals surface area contributed by atoms with Crippen molar-refractivity contribution in [3.05, 3.63) is 58.7 Å². The summed E-state index contributed by atoms with van der Waals surface area (Å²) in [5, 5.41) is 133. The Morgan fingerprint density at radius 2 is 0.836 bits per heavy atom. The number of aliphatic hydroxyl groups excluding tert-OH is 1. The third-order valence-electron chi connectivity index (χ3n) is 8.68. The smallest absolute Gasteiger partial charge is 0.339 e. The first-order valence-corrected chi connectivity index (χ1v) is 15.4. The SMILES string of the molecule is O=C(O[C@H]1C[C@@H](OC(=O)c2cc(O)c(O)c(O)c2)[C@@H]2OC(=O)c3cc(O)c(O)c(O)c3-c3c(cc(O)c(O)c3O)C(=O)O[C@H]2[C@@H]1O)c1cc(O)c(O)c(O)c1. The van der Waals surface area contributed by atoms with Gasteiger partial charge in [0.05, 0.1) is 22.3 Å². The van der Waals surface area contributed by atoms with E-state index in [4.69, 9.17) is 18.9 Å². The maximum absolute atomic E-state index is 13.9. The second kappa shape index (κ2) is 13.4. The standard InChI is InChI=1S/C34H26O21/c35-12-1-8(2-13(36)22(12)41)31(48)52-18-7-19(53-32(49)9-3-14(37)23(42)15(38)4-9)29-30(26(18)45)55-34(51)11-6-17(40)25(44)28(47)21(11)20-10(33(50)54-29)5-16(39)24(43)27(20)46/h1-6,18-19,26,29-30,35-47H,7H2/t18-,19+,26+,29-,30-/m0/s1. The highest BCUT2D eigenvalue weighted by molar-refractivity contribution is 6.08. The fourth-order valence-electron chi connectivity index (χ4n) is 5.98. The van der Waals surface area contributed by atoms with Gasteiger partial charge in [-0.2, -0.15) is 0 Å². The third-order valence-corrected chi connectivity index (χ3v) is 8.68. The second-order valence-electron chi connectivity index (χ2n) is 12.1. The Morgan fingerprint density at radius 3 is 1.24 bits per heavy atom. The lowest BCUT2D eigenvalue weighted by atomic mass is 9.85. The van der Waals surface area contributed by atoms with Crippen molar-refractivity contribution in [2.24, 2.45) is 0 Å². The average molecular weight is 771 g/mol. The zero-order valence-electron chi connectivity index (χ0n) is 27.1. The van der Waals surface area contributed by atoms with Gasteiger partial charge in [0.15, 0.2) is 69.7 Å². The fourth-order valence-corrected chi connectivity index (χ4v) is 5.98. The molecule has 0 spiro atoms. The van der Waals surface area contributed by atoms with Crippen LogP contribution in [0.5, 0.6) is 69.0 Å². The summed E-state index contributed by atoms with van der Waals surface area (Å²) in [6.45, 7) is 0. The lowest BCUT2D eigenvalue weighted by Crippen LogP contribution is -2.60. The summed E-state index contributed by atoms with van der Waals surface area (Å²) < 4.78 is 21.8. The molecule has 1 aliphatic carbocycles. The fraction of sp³-hybridized carbons (Fsp3) is 0.176. The van der Waals surface area contributed by atoms with E-state index < -0.39 is 163 Å². The molecule has 4 aromatic carbocycles. The topological polar surface area (TPSA) is 368 Å². The minimum atomic E-state index is -2.27. The molecule has 55 heavy (non-hydrogen) atoms. The molecule has 0 aromatic heterocycles. The van der Waals surface area contributed by atoms with E-state index in [1.165, 1.54) is 0 Å². The number of fused-ring (bicyclic) bond motifs is 4. The van der Waals surface area contributed by atoms with Gasteiger partial charge in [-0.05, 0) is 36.4 Å². The van der Waals surface area contributed by atoms with Gasteiger partial charge in [0, 0.05) is 17.5 Å². The van der Waals surface area contributed by atoms with Crippen LogP contribution in [0.4, 0.5) is 0 Å². The summed E-state index contributed by atoms with van der Waals surface area (Å²) >= 11 is 0. The number of hydrogen-bond donors (Lipinski definition) is 13. The number of benzene rings is 4. The number of rotatable bonds is 4. The van der Waals surface area contributed by atoms with Crippen molar-refractivity contribution < 1.29 is 105 Å². The summed E-state index contributed by atoms with van der Waals surface area (Å²) in [6.07, 6.45) is -11.4. The van der Waals surface area contributed by atoms with Gasteiger partial charge in [-0.3, -0.25) is 0 Å². The molecule has 13 N–H and O–H groups in total. The van der Waals surface area contributed by atoms with Crippen molar-refractivity contribution in [3.8, 4) is 80.1 Å². The van der Waals surface area contributed by atoms with Gasteiger partial charge in [-0.1, -0.05) is 0 Å². The Morgan fingerprint density at radius 1 is 0.491 bits per heavy atom. The molecular weight excluding hydrogens is 744 g/mol. The van der Waals surface area contributed by atoms with E-state index in [2.05, 4.69) is 0 Å². The van der Waals surface area contributed by atoms with Gasteiger partial charge in [0.2, 0.25) is 11.5 Å². The van der Waals surface area contributed by atoms with Crippen LogP contribution in [0.2, 0.25) is 0 Å². The van der Waals surface area contributed by atoms with Crippen LogP contribution in [0.25, 0.3) is 11.1 Å². The average Bonchev–Trinajstić information content (AvgIpc) is 3.13. The van der Waals surface area contributed by atoms with Gasteiger partial charge in [-0.15, -0.1) is 0 Å². The molecule has 6 rings (SSSR count). The van der Waals surface area contributed by atoms with Crippen LogP contribution in [0.1, 0.15) is 47.9 Å². The Bertz CT molecular complexity index is 2270. The second-order valence-corrected chi connectivity index (χ2v) is 12.1. The maximum atomic E-state index is 13.9. The van der Waals surface area contributed by atoms with Crippen molar-refractivity contribution in [2.45, 2.75) is 36.9 Å². The quantitative estimate of drug-likeness (QED) is 0.0784. The highest BCUT2D eigenvalue weighted by atomic mass is 16.6. The minimum absolute atomic E-state index is 0.486. The largest absolute Gasteiger partial charge is 0.504 e. The lowest BCUT2D eigenvalue weighted by molar-refractivity contribution is -0.181. The normalized spacial score (nSPS) is 20.5. The van der Waals surface area contributed by atoms with E-state index in [-0.39, 0.29) is 0 Å². The summed E-state index contributed by atoms with van der Waals surface area (Å²) in [7, 11) is 0. The van der Waals surface area contributed by atoms with Crippen molar-refractivity contribution >= 4 is 23.9 Å². The van der Waals surface area contributed by atoms with Crippen LogP contribution in [0.3, 0.4) is 0 Å². The Kier molecular flexibility index (Phi) is 9.02. The molecule has 1 aliphatic heterocycles. The first-order valence-electron chi connectivity index (χ1n) is 15.4. The van der Waals surface area contributed by atoms with Gasteiger partial charge in [-0.25, -0.2) is 19.2 Å². The van der Waals surface area contributed by atoms with E-state index in [9.17, 15) is 85.6 Å². The summed E-state index contributed by atoms with van der Waals surface area (Å²) in [5.74, 6) is -19.8. The molecule has 5 atom stereocenters. The van der Waals surface area contributed by atoms with Gasteiger partial charge < -0.3 is 85.3 Å². The molecule has 1 saturated carbocycles. The van der Waals surface area contributed by atoms with Crippen LogP contribution in [0, 0.1) is 0 Å². The monoisotopic (exact) mass is 770 g/mol. The van der Waals surface area contributed by atoms with E-state index in [1.54, 1.807) is 0 Å². The molecule has 1 fully saturated rings. The number of ether oxygens (including phenoxy) is 4. The molecule has 21 nitrogen and oxygen atoms in total. The Labute approximate surface area is 304 Å². The van der Waals surface area contributed by atoms with Crippen LogP contribution < -0.4 is 0 Å². The predicted octanol–water partition coefficient (Wildman–Crippen LogP) is 1.10. The first kappa shape index (κ1) is 37.1. The summed E-state index contributed by atoms with van der Waals surface area (Å²) in [5.41, 5.74) is -5.11. The Balaban J connectivity index is 1.50. The van der Waals surface area contributed by atoms with Crippen LogP contribution in [-0.2, 0) is 18.9 Å². The molecule has 2 aliphatic rings. The van der Waals surface area contributed by atoms with Crippen molar-refractivity contribution in [3.63, 3.8) is 0 Å². The van der Waals surface area contributed by atoms with Crippen LogP contribution >= 0.6 is 0 Å². The molecule has 1 heterocycles. The highest BCUT2D eigenvalue weighted by Crippen LogP contribution is 2.53. The zero-order valence-corrected chi connectivity index (χ0v) is 27.1. The van der Waals surface area contributed by atoms with Crippen molar-refractivity contribution in [1.29, 1.82) is 0 Å². The molecule has 21 heteroatoms. The number of aliphatic hydroxyl groups is 1. The number of carbonyl (C=O) groups excluding carboxylic acids is 4. The minimum Gasteiger partial charge on any atom is -0.504 e. The molecule has 288 valence electrons. The van der Waals surface area contributed by atoms with Crippen molar-refractivity contribution in [1.82, 2.24) is 0 Å². The van der Waals surface area contributed by atoms with Crippen molar-refractivity contribution in [2.75, 3.05) is 0 Å². The predicted molar refractivity (Wildman–Crippen MR) is 172 cm³/mol. The summed E-state index contributed by atoms with van der Waals surface area (Å²) in [6, 6.07) is 3.59. The lowest BCUT2D eigenvalue weighted by Gasteiger charge is -2.42. The number of carbonyl (C=O) groups is 4. The van der Waals surface area contributed by atoms with Gasteiger partial charge >= 0.3 is 23.9 Å². The number of aromatic hydroxyl groups is 12.